The van der Waals surface area contributed by atoms with Crippen molar-refractivity contribution in [3.8, 4) is 27.9 Å². The fraction of sp³-hybridized carbons (Fsp3) is 0.125. The first-order valence-corrected chi connectivity index (χ1v) is 8.08. The van der Waals surface area contributed by atoms with Gasteiger partial charge in [0.25, 0.3) is 5.89 Å². The van der Waals surface area contributed by atoms with Crippen molar-refractivity contribution >= 4 is 11.3 Å². The van der Waals surface area contributed by atoms with Crippen LogP contribution in [0, 0.1) is 0 Å². The quantitative estimate of drug-likeness (QED) is 0.543. The lowest BCUT2D eigenvalue weighted by Gasteiger charge is -2.10. The lowest BCUT2D eigenvalue weighted by molar-refractivity contribution is 0.176. The Morgan fingerprint density at radius 2 is 2.04 bits per heavy atom. The normalized spacial score (nSPS) is 12.2. The molecule has 3 aromatic heterocycles. The van der Waals surface area contributed by atoms with E-state index >= 15 is 0 Å². The molecule has 0 saturated carbocycles. The van der Waals surface area contributed by atoms with Gasteiger partial charge >= 0.3 is 0 Å². The van der Waals surface area contributed by atoms with Crippen LogP contribution in [0.1, 0.15) is 18.9 Å². The number of ether oxygens (including phenoxy) is 1. The standard InChI is InChI=1S/C16H12N4O3S/c1-10(15-18-14(20-23-15)13-3-2-8-24-13)22-12-6-4-11(5-7-12)16-19-17-9-21-16/h2-10H,1H3/t10-/m0/s1. The lowest BCUT2D eigenvalue weighted by Crippen LogP contribution is -2.03. The number of nitrogens with zero attached hydrogens (tertiary/aromatic N) is 4. The molecule has 0 aliphatic rings. The van der Waals surface area contributed by atoms with E-state index < -0.39 is 0 Å². The van der Waals surface area contributed by atoms with Crippen molar-refractivity contribution in [3.63, 3.8) is 0 Å². The van der Waals surface area contributed by atoms with E-state index in [2.05, 4.69) is 20.3 Å². The van der Waals surface area contributed by atoms with Crippen LogP contribution in [0.2, 0.25) is 0 Å². The van der Waals surface area contributed by atoms with Gasteiger partial charge in [-0.2, -0.15) is 4.98 Å². The second kappa shape index (κ2) is 6.25. The van der Waals surface area contributed by atoms with Crippen molar-refractivity contribution in [3.05, 3.63) is 54.1 Å². The Balaban J connectivity index is 1.47. The zero-order valence-corrected chi connectivity index (χ0v) is 13.4. The van der Waals surface area contributed by atoms with Gasteiger partial charge in [-0.05, 0) is 42.6 Å². The molecular formula is C16H12N4O3S. The maximum Gasteiger partial charge on any atom is 0.267 e. The Hall–Kier alpha value is -3.00. The third-order valence-electron chi connectivity index (χ3n) is 3.31. The van der Waals surface area contributed by atoms with E-state index in [0.717, 1.165) is 10.4 Å². The zero-order valence-electron chi connectivity index (χ0n) is 12.6. The average Bonchev–Trinajstić information content (AvgIpc) is 3.35. The van der Waals surface area contributed by atoms with Gasteiger partial charge in [0.05, 0.1) is 4.88 Å². The predicted octanol–water partition coefficient (Wildman–Crippen LogP) is 3.99. The first-order chi connectivity index (χ1) is 11.8. The molecule has 4 rings (SSSR count). The lowest BCUT2D eigenvalue weighted by atomic mass is 10.2. The summed E-state index contributed by atoms with van der Waals surface area (Å²) in [6.45, 7) is 1.86. The summed E-state index contributed by atoms with van der Waals surface area (Å²) in [6, 6.07) is 11.2. The second-order valence-corrected chi connectivity index (χ2v) is 5.91. The van der Waals surface area contributed by atoms with Gasteiger partial charge in [-0.3, -0.25) is 0 Å². The molecule has 1 aromatic carbocycles. The highest BCUT2D eigenvalue weighted by molar-refractivity contribution is 7.13. The summed E-state index contributed by atoms with van der Waals surface area (Å²) < 4.78 is 16.3. The van der Waals surface area contributed by atoms with Gasteiger partial charge in [0, 0.05) is 5.56 Å². The van der Waals surface area contributed by atoms with Gasteiger partial charge in [0.2, 0.25) is 18.1 Å². The molecule has 0 aliphatic heterocycles. The minimum atomic E-state index is -0.361. The molecule has 120 valence electrons. The topological polar surface area (TPSA) is 87.1 Å². The van der Waals surface area contributed by atoms with Gasteiger partial charge in [0.15, 0.2) is 6.10 Å². The Kier molecular flexibility index (Phi) is 3.80. The number of hydrogen-bond acceptors (Lipinski definition) is 8. The minimum Gasteiger partial charge on any atom is -0.481 e. The van der Waals surface area contributed by atoms with E-state index in [9.17, 15) is 0 Å². The molecule has 0 bridgehead atoms. The SMILES string of the molecule is C[C@H](Oc1ccc(-c2nnco2)cc1)c1nc(-c2cccs2)no1. The van der Waals surface area contributed by atoms with Crippen LogP contribution in [0.25, 0.3) is 22.2 Å². The molecular weight excluding hydrogens is 328 g/mol. The number of thiophene rings is 1. The molecule has 24 heavy (non-hydrogen) atoms. The maximum atomic E-state index is 5.84. The van der Waals surface area contributed by atoms with E-state index in [4.69, 9.17) is 13.7 Å². The predicted molar refractivity (Wildman–Crippen MR) is 86.4 cm³/mol. The van der Waals surface area contributed by atoms with Gasteiger partial charge in [-0.15, -0.1) is 21.5 Å². The van der Waals surface area contributed by atoms with E-state index in [1.165, 1.54) is 6.39 Å². The summed E-state index contributed by atoms with van der Waals surface area (Å²) in [7, 11) is 0. The van der Waals surface area contributed by atoms with Crippen molar-refractivity contribution in [2.24, 2.45) is 0 Å². The average molecular weight is 340 g/mol. The molecule has 0 radical (unpaired) electrons. The molecule has 4 aromatic rings. The van der Waals surface area contributed by atoms with Crippen molar-refractivity contribution in [2.75, 3.05) is 0 Å². The number of rotatable bonds is 5. The highest BCUT2D eigenvalue weighted by atomic mass is 32.1. The Bertz CT molecular complexity index is 901. The van der Waals surface area contributed by atoms with Crippen molar-refractivity contribution < 1.29 is 13.7 Å². The highest BCUT2D eigenvalue weighted by Crippen LogP contribution is 2.26. The second-order valence-electron chi connectivity index (χ2n) is 4.96. The van der Waals surface area contributed by atoms with E-state index in [1.54, 1.807) is 11.3 Å². The first-order valence-electron chi connectivity index (χ1n) is 7.20. The molecule has 3 heterocycles. The molecule has 0 amide bonds. The monoisotopic (exact) mass is 340 g/mol. The number of aromatic nitrogens is 4. The Morgan fingerprint density at radius 3 is 2.75 bits per heavy atom. The van der Waals surface area contributed by atoms with E-state index in [-0.39, 0.29) is 6.10 Å². The van der Waals surface area contributed by atoms with Gasteiger partial charge in [-0.25, -0.2) is 0 Å². The van der Waals surface area contributed by atoms with Crippen molar-refractivity contribution in [1.29, 1.82) is 0 Å². The van der Waals surface area contributed by atoms with Crippen LogP contribution in [0.5, 0.6) is 5.75 Å². The molecule has 8 heteroatoms. The fourth-order valence-corrected chi connectivity index (χ4v) is 2.78. The van der Waals surface area contributed by atoms with Crippen LogP contribution in [0.15, 0.2) is 57.1 Å². The van der Waals surface area contributed by atoms with Crippen LogP contribution in [-0.2, 0) is 0 Å². The molecule has 0 fully saturated rings. The summed E-state index contributed by atoms with van der Waals surface area (Å²) in [5.41, 5.74) is 0.824. The molecule has 0 unspecified atom stereocenters. The summed E-state index contributed by atoms with van der Waals surface area (Å²) in [6.07, 6.45) is 0.934. The maximum absolute atomic E-state index is 5.84. The molecule has 1 atom stereocenters. The highest BCUT2D eigenvalue weighted by Gasteiger charge is 2.17. The van der Waals surface area contributed by atoms with Crippen LogP contribution >= 0.6 is 11.3 Å². The third kappa shape index (κ3) is 2.91. The van der Waals surface area contributed by atoms with Gasteiger partial charge in [-0.1, -0.05) is 11.2 Å². The van der Waals surface area contributed by atoms with E-state index in [0.29, 0.717) is 23.4 Å². The number of hydrogen-bond donors (Lipinski definition) is 0. The molecule has 0 N–H and O–H groups in total. The smallest absolute Gasteiger partial charge is 0.267 e. The largest absolute Gasteiger partial charge is 0.481 e. The summed E-state index contributed by atoms with van der Waals surface area (Å²) >= 11 is 1.56. The minimum absolute atomic E-state index is 0.361. The molecule has 7 nitrogen and oxygen atoms in total. The van der Waals surface area contributed by atoms with Crippen molar-refractivity contribution in [2.45, 2.75) is 13.0 Å². The number of benzene rings is 1. The Morgan fingerprint density at radius 1 is 1.17 bits per heavy atom. The molecule has 0 aliphatic carbocycles. The van der Waals surface area contributed by atoms with Gasteiger partial charge in [0.1, 0.15) is 5.75 Å². The molecule has 0 saturated heterocycles. The third-order valence-corrected chi connectivity index (χ3v) is 4.17. The summed E-state index contributed by atoms with van der Waals surface area (Å²) in [5, 5.41) is 13.5. The Labute approximate surface area is 140 Å². The van der Waals surface area contributed by atoms with Crippen molar-refractivity contribution in [1.82, 2.24) is 20.3 Å². The van der Waals surface area contributed by atoms with Crippen LogP contribution in [0.3, 0.4) is 0 Å². The summed E-state index contributed by atoms with van der Waals surface area (Å²) in [5.74, 6) is 2.15. The van der Waals surface area contributed by atoms with Gasteiger partial charge < -0.3 is 13.7 Å². The van der Waals surface area contributed by atoms with E-state index in [1.807, 2.05) is 48.7 Å². The molecule has 0 spiro atoms. The van der Waals surface area contributed by atoms with Crippen LogP contribution in [0.4, 0.5) is 0 Å². The first kappa shape index (κ1) is 14.6. The van der Waals surface area contributed by atoms with Crippen LogP contribution in [-0.4, -0.2) is 20.3 Å². The van der Waals surface area contributed by atoms with Crippen LogP contribution < -0.4 is 4.74 Å². The zero-order chi connectivity index (χ0) is 16.4. The fourth-order valence-electron chi connectivity index (χ4n) is 2.14. The summed E-state index contributed by atoms with van der Waals surface area (Å²) in [4.78, 5) is 5.34.